The van der Waals surface area contributed by atoms with Crippen LogP contribution in [0.25, 0.3) is 6.08 Å². The van der Waals surface area contributed by atoms with Gasteiger partial charge in [0, 0.05) is 12.1 Å². The summed E-state index contributed by atoms with van der Waals surface area (Å²) in [5.41, 5.74) is 1.20. The molecule has 0 spiro atoms. The maximum absolute atomic E-state index is 12.6. The van der Waals surface area contributed by atoms with E-state index in [1.165, 1.54) is 24.3 Å². The van der Waals surface area contributed by atoms with Crippen molar-refractivity contribution in [1.29, 1.82) is 5.26 Å². The molecule has 0 fully saturated rings. The fourth-order valence-electron chi connectivity index (χ4n) is 2.58. The fraction of sp³-hybridized carbons (Fsp3) is 0.238. The van der Waals surface area contributed by atoms with Crippen molar-refractivity contribution in [3.8, 4) is 17.6 Å². The quantitative estimate of drug-likeness (QED) is 0.175. The Balaban J connectivity index is 2.38. The number of amides is 1. The molecule has 2 rings (SSSR count). The van der Waals surface area contributed by atoms with Gasteiger partial charge < -0.3 is 14.8 Å². The Morgan fingerprint density at radius 3 is 2.57 bits per heavy atom. The van der Waals surface area contributed by atoms with Crippen LogP contribution in [-0.2, 0) is 4.79 Å². The third-order valence-corrected chi connectivity index (χ3v) is 4.78. The Hall–Kier alpha value is -3.13. The highest BCUT2D eigenvalue weighted by molar-refractivity contribution is 14.1. The summed E-state index contributed by atoms with van der Waals surface area (Å²) in [6.45, 7) is 6.33. The molecule has 0 saturated carbocycles. The zero-order valence-electron chi connectivity index (χ0n) is 16.7. The Morgan fingerprint density at radius 2 is 1.97 bits per heavy atom. The first-order chi connectivity index (χ1) is 14.3. The number of non-ortho nitro benzene ring substituents is 1. The number of nitrogens with one attached hydrogen (secondary N) is 1. The van der Waals surface area contributed by atoms with Crippen LogP contribution >= 0.6 is 22.6 Å². The van der Waals surface area contributed by atoms with Crippen molar-refractivity contribution < 1.29 is 19.2 Å². The number of rotatable bonds is 8. The van der Waals surface area contributed by atoms with Crippen LogP contribution in [-0.4, -0.2) is 24.0 Å². The molecule has 0 heterocycles. The molecule has 0 atom stereocenters. The SMILES string of the molecule is CCOc1cc(/C=C(\C#N)C(=O)Nc2cc([N+](=O)[O-])ccc2C)cc(I)c1OCC. The monoisotopic (exact) mass is 521 g/mol. The molecule has 2 aromatic rings. The number of carbonyl (C=O) groups is 1. The highest BCUT2D eigenvalue weighted by atomic mass is 127. The van der Waals surface area contributed by atoms with E-state index in [1.54, 1.807) is 19.1 Å². The normalized spacial score (nSPS) is 10.8. The van der Waals surface area contributed by atoms with Gasteiger partial charge >= 0.3 is 0 Å². The lowest BCUT2D eigenvalue weighted by Crippen LogP contribution is -2.14. The van der Waals surface area contributed by atoms with Gasteiger partial charge in [-0.1, -0.05) is 6.07 Å². The highest BCUT2D eigenvalue weighted by Crippen LogP contribution is 2.35. The number of aryl methyl sites for hydroxylation is 1. The summed E-state index contributed by atoms with van der Waals surface area (Å²) in [6.07, 6.45) is 1.43. The predicted molar refractivity (Wildman–Crippen MR) is 122 cm³/mol. The molecule has 1 amide bonds. The fourth-order valence-corrected chi connectivity index (χ4v) is 3.36. The van der Waals surface area contributed by atoms with Gasteiger partial charge in [-0.3, -0.25) is 14.9 Å². The van der Waals surface area contributed by atoms with Crippen molar-refractivity contribution in [3.05, 3.63) is 60.7 Å². The predicted octanol–water partition coefficient (Wildman–Crippen LogP) is 4.85. The minimum Gasteiger partial charge on any atom is -0.490 e. The average molecular weight is 521 g/mol. The molecule has 9 heteroatoms. The number of nitrogens with zero attached hydrogens (tertiary/aromatic N) is 2. The Kier molecular flexibility index (Phi) is 8.17. The molecule has 1 N–H and O–H groups in total. The van der Waals surface area contributed by atoms with E-state index in [2.05, 4.69) is 27.9 Å². The third kappa shape index (κ3) is 5.70. The van der Waals surface area contributed by atoms with Gasteiger partial charge in [0.2, 0.25) is 0 Å². The zero-order valence-corrected chi connectivity index (χ0v) is 18.8. The van der Waals surface area contributed by atoms with Crippen molar-refractivity contribution in [3.63, 3.8) is 0 Å². The molecule has 0 aliphatic rings. The van der Waals surface area contributed by atoms with Gasteiger partial charge in [0.1, 0.15) is 11.6 Å². The maximum Gasteiger partial charge on any atom is 0.271 e. The second-order valence-corrected chi connectivity index (χ2v) is 7.24. The molecular formula is C21H20IN3O5. The lowest BCUT2D eigenvalue weighted by atomic mass is 10.1. The van der Waals surface area contributed by atoms with Crippen LogP contribution in [0.4, 0.5) is 11.4 Å². The zero-order chi connectivity index (χ0) is 22.3. The molecule has 2 aromatic carbocycles. The second-order valence-electron chi connectivity index (χ2n) is 6.08. The topological polar surface area (TPSA) is 114 Å². The summed E-state index contributed by atoms with van der Waals surface area (Å²) in [5, 5.41) is 23.0. The maximum atomic E-state index is 12.6. The van der Waals surface area contributed by atoms with E-state index in [0.717, 1.165) is 3.57 Å². The molecule has 0 saturated heterocycles. The van der Waals surface area contributed by atoms with Gasteiger partial charge in [-0.15, -0.1) is 0 Å². The molecule has 0 aliphatic carbocycles. The van der Waals surface area contributed by atoms with Crippen molar-refractivity contribution in [1.82, 2.24) is 0 Å². The van der Waals surface area contributed by atoms with E-state index < -0.39 is 10.8 Å². The van der Waals surface area contributed by atoms with E-state index in [4.69, 9.17) is 9.47 Å². The van der Waals surface area contributed by atoms with Gasteiger partial charge in [0.15, 0.2) is 11.5 Å². The van der Waals surface area contributed by atoms with E-state index in [1.807, 2.05) is 19.9 Å². The summed E-state index contributed by atoms with van der Waals surface area (Å²) < 4.78 is 12.0. The molecule has 0 unspecified atom stereocenters. The van der Waals surface area contributed by atoms with Gasteiger partial charge in [0.05, 0.1) is 27.4 Å². The van der Waals surface area contributed by atoms with Gasteiger partial charge in [-0.2, -0.15) is 5.26 Å². The number of halogens is 1. The molecule has 156 valence electrons. The smallest absolute Gasteiger partial charge is 0.271 e. The number of nitro benzene ring substituents is 1. The first kappa shape index (κ1) is 23.2. The molecule has 0 aromatic heterocycles. The van der Waals surface area contributed by atoms with Crippen LogP contribution in [0.1, 0.15) is 25.0 Å². The summed E-state index contributed by atoms with van der Waals surface area (Å²) in [6, 6.07) is 9.49. The number of nitro groups is 1. The van der Waals surface area contributed by atoms with E-state index >= 15 is 0 Å². The van der Waals surface area contributed by atoms with E-state index in [-0.39, 0.29) is 16.9 Å². The Labute approximate surface area is 187 Å². The Bertz CT molecular complexity index is 1040. The number of nitriles is 1. The molecule has 30 heavy (non-hydrogen) atoms. The van der Waals surface area contributed by atoms with E-state index in [0.29, 0.717) is 35.8 Å². The molecule has 0 bridgehead atoms. The standard InChI is InChI=1S/C21H20IN3O5/c1-4-29-19-10-14(9-17(22)20(19)30-5-2)8-15(12-23)21(26)24-18-11-16(25(27)28)7-6-13(18)3/h6-11H,4-5H2,1-3H3,(H,24,26)/b15-8+. The number of anilines is 1. The van der Waals surface area contributed by atoms with Gasteiger partial charge in [-0.05, 0) is 72.7 Å². The van der Waals surface area contributed by atoms with Gasteiger partial charge in [-0.25, -0.2) is 0 Å². The molecule has 8 nitrogen and oxygen atoms in total. The minimum absolute atomic E-state index is 0.150. The summed E-state index contributed by atoms with van der Waals surface area (Å²) >= 11 is 2.10. The largest absolute Gasteiger partial charge is 0.490 e. The minimum atomic E-state index is -0.664. The van der Waals surface area contributed by atoms with Crippen LogP contribution in [0, 0.1) is 31.9 Å². The van der Waals surface area contributed by atoms with Crippen molar-refractivity contribution >= 4 is 45.9 Å². The average Bonchev–Trinajstić information content (AvgIpc) is 2.70. The number of hydrogen-bond donors (Lipinski definition) is 1. The van der Waals surface area contributed by atoms with E-state index in [9.17, 15) is 20.2 Å². The van der Waals surface area contributed by atoms with Crippen LogP contribution in [0.15, 0.2) is 35.9 Å². The van der Waals surface area contributed by atoms with Crippen LogP contribution < -0.4 is 14.8 Å². The van der Waals surface area contributed by atoms with Gasteiger partial charge in [0.25, 0.3) is 11.6 Å². The third-order valence-electron chi connectivity index (χ3n) is 3.98. The summed E-state index contributed by atoms with van der Waals surface area (Å²) in [5.74, 6) is 0.458. The Morgan fingerprint density at radius 1 is 1.27 bits per heavy atom. The number of carbonyl (C=O) groups excluding carboxylic acids is 1. The van der Waals surface area contributed by atoms with Crippen LogP contribution in [0.3, 0.4) is 0 Å². The lowest BCUT2D eigenvalue weighted by molar-refractivity contribution is -0.384. The van der Waals surface area contributed by atoms with Crippen molar-refractivity contribution in [2.45, 2.75) is 20.8 Å². The van der Waals surface area contributed by atoms with Crippen LogP contribution in [0.5, 0.6) is 11.5 Å². The highest BCUT2D eigenvalue weighted by Gasteiger charge is 2.16. The second kappa shape index (κ2) is 10.6. The first-order valence-electron chi connectivity index (χ1n) is 9.08. The summed E-state index contributed by atoms with van der Waals surface area (Å²) in [7, 11) is 0. The van der Waals surface area contributed by atoms with Crippen molar-refractivity contribution in [2.75, 3.05) is 18.5 Å². The molecule has 0 aliphatic heterocycles. The first-order valence-corrected chi connectivity index (χ1v) is 10.2. The number of ether oxygens (including phenoxy) is 2. The summed E-state index contributed by atoms with van der Waals surface area (Å²) in [4.78, 5) is 23.0. The van der Waals surface area contributed by atoms with Crippen molar-refractivity contribution in [2.24, 2.45) is 0 Å². The molecular weight excluding hydrogens is 501 g/mol. The number of hydrogen-bond acceptors (Lipinski definition) is 6. The number of benzene rings is 2. The lowest BCUT2D eigenvalue weighted by Gasteiger charge is -2.14. The molecule has 0 radical (unpaired) electrons. The van der Waals surface area contributed by atoms with Crippen LogP contribution in [0.2, 0.25) is 0 Å².